The van der Waals surface area contributed by atoms with Crippen LogP contribution in [0.25, 0.3) is 0 Å². The van der Waals surface area contributed by atoms with Crippen molar-refractivity contribution in [3.05, 3.63) is 71.1 Å². The molecule has 7 nitrogen and oxygen atoms in total. The Hall–Kier alpha value is -3.00. The van der Waals surface area contributed by atoms with Crippen molar-refractivity contribution in [1.82, 2.24) is 10.2 Å². The molecule has 1 aromatic heterocycles. The Morgan fingerprint density at radius 1 is 1.07 bits per heavy atom. The van der Waals surface area contributed by atoms with Gasteiger partial charge in [0.05, 0.1) is 11.3 Å². The zero-order valence-corrected chi connectivity index (χ0v) is 15.8. The Morgan fingerprint density at radius 3 is 2.56 bits per heavy atom. The molecule has 140 valence electrons. The van der Waals surface area contributed by atoms with Crippen molar-refractivity contribution in [2.75, 3.05) is 5.32 Å². The number of hydrogen-bond acceptors (Lipinski definition) is 6. The maximum Gasteiger partial charge on any atom is 0.322 e. The van der Waals surface area contributed by atoms with Crippen LogP contribution in [0.15, 0.2) is 57.8 Å². The quantitative estimate of drug-likeness (QED) is 0.700. The first-order valence-corrected chi connectivity index (χ1v) is 9.95. The number of rotatable bonds is 6. The summed E-state index contributed by atoms with van der Waals surface area (Å²) in [5.41, 5.74) is 2.98. The number of anilines is 1. The molecule has 0 atom stereocenters. The summed E-state index contributed by atoms with van der Waals surface area (Å²) in [6.07, 6.45) is 0.160. The van der Waals surface area contributed by atoms with Crippen LogP contribution < -0.4 is 5.32 Å². The first kappa shape index (κ1) is 18.8. The van der Waals surface area contributed by atoms with Gasteiger partial charge in [0.2, 0.25) is 11.8 Å². The van der Waals surface area contributed by atoms with E-state index in [1.165, 1.54) is 12.1 Å². The monoisotopic (exact) mass is 385 g/mol. The number of amides is 1. The molecule has 1 amide bonds. The van der Waals surface area contributed by atoms with Gasteiger partial charge in [-0.15, -0.1) is 5.10 Å². The second-order valence-electron chi connectivity index (χ2n) is 6.23. The number of aryl methyl sites for hydroxylation is 2. The SMILES string of the molecule is Cc1ccc(C)c(CC(=O)Nc2nnc(CS(=O)(=O)c3ccccc3)o2)c1. The number of carbonyl (C=O) groups is 1. The molecule has 8 heteroatoms. The van der Waals surface area contributed by atoms with E-state index in [2.05, 4.69) is 15.5 Å². The molecule has 0 bridgehead atoms. The minimum Gasteiger partial charge on any atom is -0.407 e. The highest BCUT2D eigenvalue weighted by Crippen LogP contribution is 2.17. The summed E-state index contributed by atoms with van der Waals surface area (Å²) in [4.78, 5) is 12.4. The van der Waals surface area contributed by atoms with Crippen molar-refractivity contribution in [2.45, 2.75) is 30.9 Å². The van der Waals surface area contributed by atoms with Gasteiger partial charge < -0.3 is 4.42 Å². The zero-order valence-electron chi connectivity index (χ0n) is 15.0. The fourth-order valence-electron chi connectivity index (χ4n) is 2.56. The van der Waals surface area contributed by atoms with E-state index in [1.807, 2.05) is 32.0 Å². The topological polar surface area (TPSA) is 102 Å². The largest absolute Gasteiger partial charge is 0.407 e. The predicted molar refractivity (Wildman–Crippen MR) is 99.9 cm³/mol. The van der Waals surface area contributed by atoms with Crippen molar-refractivity contribution >= 4 is 21.8 Å². The standard InChI is InChI=1S/C19H19N3O4S/c1-13-8-9-14(2)15(10-13)11-17(23)20-19-22-21-18(26-19)12-27(24,25)16-6-4-3-5-7-16/h3-10H,11-12H2,1-2H3,(H,20,22,23). The Bertz CT molecular complexity index is 1060. The van der Waals surface area contributed by atoms with Crippen LogP contribution in [0.1, 0.15) is 22.6 Å². The van der Waals surface area contributed by atoms with Gasteiger partial charge in [0, 0.05) is 0 Å². The molecule has 0 saturated heterocycles. The van der Waals surface area contributed by atoms with E-state index < -0.39 is 15.6 Å². The van der Waals surface area contributed by atoms with Crippen LogP contribution in [-0.2, 0) is 26.8 Å². The van der Waals surface area contributed by atoms with Crippen LogP contribution in [0.4, 0.5) is 6.01 Å². The number of nitrogens with zero attached hydrogens (tertiary/aromatic N) is 2. The van der Waals surface area contributed by atoms with E-state index in [0.717, 1.165) is 16.7 Å². The van der Waals surface area contributed by atoms with Gasteiger partial charge in [0.25, 0.3) is 0 Å². The lowest BCUT2D eigenvalue weighted by Gasteiger charge is -2.06. The zero-order chi connectivity index (χ0) is 19.4. The van der Waals surface area contributed by atoms with Gasteiger partial charge in [-0.1, -0.05) is 47.1 Å². The van der Waals surface area contributed by atoms with Crippen molar-refractivity contribution in [3.8, 4) is 0 Å². The van der Waals surface area contributed by atoms with Crippen molar-refractivity contribution in [3.63, 3.8) is 0 Å². The molecular weight excluding hydrogens is 366 g/mol. The molecule has 0 aliphatic carbocycles. The van der Waals surface area contributed by atoms with E-state index in [1.54, 1.807) is 18.2 Å². The number of carbonyl (C=O) groups excluding carboxylic acids is 1. The number of nitrogens with one attached hydrogen (secondary N) is 1. The first-order chi connectivity index (χ1) is 12.8. The second-order valence-corrected chi connectivity index (χ2v) is 8.22. The molecule has 1 N–H and O–H groups in total. The van der Waals surface area contributed by atoms with E-state index in [0.29, 0.717) is 0 Å². The van der Waals surface area contributed by atoms with E-state index >= 15 is 0 Å². The van der Waals surface area contributed by atoms with Crippen LogP contribution in [0.5, 0.6) is 0 Å². The summed E-state index contributed by atoms with van der Waals surface area (Å²) >= 11 is 0. The molecule has 27 heavy (non-hydrogen) atoms. The number of sulfone groups is 1. The molecule has 0 radical (unpaired) electrons. The summed E-state index contributed by atoms with van der Waals surface area (Å²) in [6, 6.07) is 13.8. The molecule has 0 saturated carbocycles. The van der Waals surface area contributed by atoms with Gasteiger partial charge in [-0.05, 0) is 37.1 Å². The van der Waals surface area contributed by atoms with Crippen molar-refractivity contribution < 1.29 is 17.6 Å². The Labute approximate surface area is 157 Å². The van der Waals surface area contributed by atoms with Gasteiger partial charge >= 0.3 is 6.01 Å². The fourth-order valence-corrected chi connectivity index (χ4v) is 3.74. The first-order valence-electron chi connectivity index (χ1n) is 8.30. The summed E-state index contributed by atoms with van der Waals surface area (Å²) < 4.78 is 29.9. The third-order valence-corrected chi connectivity index (χ3v) is 5.60. The smallest absolute Gasteiger partial charge is 0.322 e. The predicted octanol–water partition coefficient (Wildman–Crippen LogP) is 2.84. The maximum atomic E-state index is 12.3. The lowest BCUT2D eigenvalue weighted by atomic mass is 10.0. The lowest BCUT2D eigenvalue weighted by Crippen LogP contribution is -2.15. The highest BCUT2D eigenvalue weighted by atomic mass is 32.2. The summed E-state index contributed by atoms with van der Waals surface area (Å²) in [5, 5.41) is 9.92. The molecule has 0 unspecified atom stereocenters. The van der Waals surface area contributed by atoms with Crippen LogP contribution >= 0.6 is 0 Å². The van der Waals surface area contributed by atoms with Gasteiger partial charge in [-0.2, -0.15) is 0 Å². The highest BCUT2D eigenvalue weighted by Gasteiger charge is 2.20. The summed E-state index contributed by atoms with van der Waals surface area (Å²) in [7, 11) is -3.60. The number of aromatic nitrogens is 2. The Morgan fingerprint density at radius 2 is 1.81 bits per heavy atom. The van der Waals surface area contributed by atoms with Crippen LogP contribution in [0.3, 0.4) is 0 Å². The molecule has 0 spiro atoms. The average molecular weight is 385 g/mol. The molecule has 1 heterocycles. The van der Waals surface area contributed by atoms with Gasteiger partial charge in [0.15, 0.2) is 9.84 Å². The molecule has 3 aromatic rings. The summed E-state index contributed by atoms with van der Waals surface area (Å²) in [6.45, 7) is 3.89. The second kappa shape index (κ2) is 7.71. The normalized spacial score (nSPS) is 11.3. The van der Waals surface area contributed by atoms with Gasteiger partial charge in [-0.25, -0.2) is 8.42 Å². The summed E-state index contributed by atoms with van der Waals surface area (Å²) in [5.74, 6) is -0.831. The number of hydrogen-bond donors (Lipinski definition) is 1. The molecule has 2 aromatic carbocycles. The molecule has 0 aliphatic rings. The molecule has 0 fully saturated rings. The van der Waals surface area contributed by atoms with Gasteiger partial charge in [0.1, 0.15) is 5.75 Å². The fraction of sp³-hybridized carbons (Fsp3) is 0.211. The minimum absolute atomic E-state index is 0.0825. The van der Waals surface area contributed by atoms with E-state index in [9.17, 15) is 13.2 Å². The minimum atomic E-state index is -3.60. The Kier molecular flexibility index (Phi) is 5.36. The molecule has 3 rings (SSSR count). The van der Waals surface area contributed by atoms with Crippen molar-refractivity contribution in [2.24, 2.45) is 0 Å². The van der Waals surface area contributed by atoms with Crippen LogP contribution in [0, 0.1) is 13.8 Å². The maximum absolute atomic E-state index is 12.3. The average Bonchev–Trinajstić information content (AvgIpc) is 3.05. The van der Waals surface area contributed by atoms with E-state index in [-0.39, 0.29) is 29.1 Å². The van der Waals surface area contributed by atoms with E-state index in [4.69, 9.17) is 4.42 Å². The van der Waals surface area contributed by atoms with Crippen LogP contribution in [0.2, 0.25) is 0 Å². The Balaban J connectivity index is 1.66. The highest BCUT2D eigenvalue weighted by molar-refractivity contribution is 7.90. The van der Waals surface area contributed by atoms with Crippen molar-refractivity contribution in [1.29, 1.82) is 0 Å². The van der Waals surface area contributed by atoms with Gasteiger partial charge in [-0.3, -0.25) is 10.1 Å². The molecule has 0 aliphatic heterocycles. The number of benzene rings is 2. The molecular formula is C19H19N3O4S. The lowest BCUT2D eigenvalue weighted by molar-refractivity contribution is -0.115. The third kappa shape index (κ3) is 4.79. The van der Waals surface area contributed by atoms with Crippen LogP contribution in [-0.4, -0.2) is 24.5 Å². The third-order valence-electron chi connectivity index (χ3n) is 3.98.